The van der Waals surface area contributed by atoms with E-state index in [0.717, 1.165) is 27.8 Å². The van der Waals surface area contributed by atoms with Crippen LogP contribution in [0.3, 0.4) is 0 Å². The molecule has 0 aliphatic heterocycles. The van der Waals surface area contributed by atoms with Crippen LogP contribution in [0.25, 0.3) is 12.2 Å². The van der Waals surface area contributed by atoms with E-state index in [2.05, 4.69) is 0 Å². The summed E-state index contributed by atoms with van der Waals surface area (Å²) in [5.74, 6) is -1.24. The number of benzene rings is 2. The molecule has 0 atom stereocenters. The van der Waals surface area contributed by atoms with Crippen molar-refractivity contribution in [2.45, 2.75) is 0 Å². The smallest absolute Gasteiger partial charge is 0.339 e. The van der Waals surface area contributed by atoms with Crippen molar-refractivity contribution in [2.75, 3.05) is 14.2 Å². The lowest BCUT2D eigenvalue weighted by Gasteiger charge is -2.15. The summed E-state index contributed by atoms with van der Waals surface area (Å²) < 4.78 is 10.1. The van der Waals surface area contributed by atoms with Crippen LogP contribution in [0.5, 0.6) is 0 Å². The van der Waals surface area contributed by atoms with Crippen LogP contribution < -0.4 is 0 Å². The molecule has 40 heavy (non-hydrogen) atoms. The highest BCUT2D eigenvalue weighted by Gasteiger charge is 2.29. The van der Waals surface area contributed by atoms with Crippen LogP contribution in [-0.2, 0) is 19.1 Å². The van der Waals surface area contributed by atoms with Crippen molar-refractivity contribution >= 4 is 24.1 Å². The Labute approximate surface area is 235 Å². The lowest BCUT2D eigenvalue weighted by molar-refractivity contribution is -0.138. The molecule has 0 spiro atoms. The molecule has 0 radical (unpaired) electrons. The van der Waals surface area contributed by atoms with Crippen molar-refractivity contribution in [1.29, 1.82) is 0 Å². The number of rotatable bonds is 8. The molecule has 0 saturated heterocycles. The number of hydrogen-bond donors (Lipinski definition) is 0. The summed E-state index contributed by atoms with van der Waals surface area (Å²) in [5, 5.41) is 0. The zero-order valence-corrected chi connectivity index (χ0v) is 22.5. The van der Waals surface area contributed by atoms with E-state index in [4.69, 9.17) is 9.47 Å². The Morgan fingerprint density at radius 1 is 0.650 bits per heavy atom. The summed E-state index contributed by atoms with van der Waals surface area (Å²) >= 11 is 0. The molecule has 0 unspecified atom stereocenters. The van der Waals surface area contributed by atoms with E-state index in [0.29, 0.717) is 5.57 Å². The second-order valence-electron chi connectivity index (χ2n) is 8.82. The number of allylic oxidation sites excluding steroid dienone is 14. The number of ether oxygens (including phenoxy) is 2. The number of hydrogen-bond acceptors (Lipinski definition) is 4. The standard InChI is InChI=1S/C36H30O4/c1-39-35(37)32-23-13-22-31-26-29(20-10-9-18-27-14-5-3-6-15-27)24-25-30(33(31)34(32)36(38)40-2)21-12-11-19-28-16-7-4-8-17-28/h3-26H,1-2H3/b18-9+,19-11+,20-10+,21-12+. The Kier molecular flexibility index (Phi) is 9.78. The Morgan fingerprint density at radius 3 is 1.82 bits per heavy atom. The van der Waals surface area contributed by atoms with Gasteiger partial charge in [-0.15, -0.1) is 0 Å². The molecule has 4 nitrogen and oxygen atoms in total. The Bertz CT molecular complexity index is 1550. The number of fused-ring (bicyclic) bond motifs is 1. The summed E-state index contributed by atoms with van der Waals surface area (Å²) in [7, 11) is 2.59. The molecule has 0 N–H and O–H groups in total. The Hall–Kier alpha value is -5.22. The van der Waals surface area contributed by atoms with Gasteiger partial charge < -0.3 is 9.47 Å². The second kappa shape index (κ2) is 14.1. The quantitative estimate of drug-likeness (QED) is 0.265. The second-order valence-corrected chi connectivity index (χ2v) is 8.82. The van der Waals surface area contributed by atoms with E-state index in [-0.39, 0.29) is 11.1 Å². The lowest BCUT2D eigenvalue weighted by Crippen LogP contribution is -2.16. The third kappa shape index (κ3) is 7.21. The van der Waals surface area contributed by atoms with Crippen LogP contribution in [0.2, 0.25) is 0 Å². The molecule has 0 saturated carbocycles. The van der Waals surface area contributed by atoms with Gasteiger partial charge in [0.2, 0.25) is 0 Å². The van der Waals surface area contributed by atoms with Gasteiger partial charge in [-0.2, -0.15) is 0 Å². The molecule has 0 heterocycles. The molecular formula is C36H30O4. The highest BCUT2D eigenvalue weighted by Crippen LogP contribution is 2.35. The van der Waals surface area contributed by atoms with Crippen molar-refractivity contribution < 1.29 is 19.1 Å². The summed E-state index contributed by atoms with van der Waals surface area (Å²) in [6.07, 6.45) is 26.8. The minimum Gasteiger partial charge on any atom is -0.465 e. The lowest BCUT2D eigenvalue weighted by atomic mass is 9.90. The van der Waals surface area contributed by atoms with E-state index >= 15 is 0 Å². The predicted molar refractivity (Wildman–Crippen MR) is 162 cm³/mol. The van der Waals surface area contributed by atoms with Crippen molar-refractivity contribution in [3.8, 4) is 0 Å². The number of esters is 2. The minimum atomic E-state index is -0.620. The Morgan fingerprint density at radius 2 is 1.23 bits per heavy atom. The summed E-state index contributed by atoms with van der Waals surface area (Å²) in [4.78, 5) is 25.8. The van der Waals surface area contributed by atoms with Crippen LogP contribution >= 0.6 is 0 Å². The highest BCUT2D eigenvalue weighted by molar-refractivity contribution is 6.07. The van der Waals surface area contributed by atoms with Gasteiger partial charge in [0.15, 0.2) is 0 Å². The monoisotopic (exact) mass is 526 g/mol. The van der Waals surface area contributed by atoms with E-state index in [1.165, 1.54) is 14.2 Å². The molecule has 2 aliphatic carbocycles. The van der Waals surface area contributed by atoms with Crippen LogP contribution in [0.15, 0.2) is 167 Å². The fourth-order valence-corrected chi connectivity index (χ4v) is 4.25. The number of carbonyl (C=O) groups excluding carboxylic acids is 2. The third-order valence-corrected chi connectivity index (χ3v) is 6.17. The third-order valence-electron chi connectivity index (χ3n) is 6.17. The van der Waals surface area contributed by atoms with Gasteiger partial charge in [-0.25, -0.2) is 9.59 Å². The largest absolute Gasteiger partial charge is 0.465 e. The first-order chi connectivity index (χ1) is 19.6. The maximum absolute atomic E-state index is 13.1. The molecule has 198 valence electrons. The average Bonchev–Trinajstić information content (AvgIpc) is 3.28. The summed E-state index contributed by atoms with van der Waals surface area (Å²) in [5.41, 5.74) is 5.47. The number of carbonyl (C=O) groups is 2. The summed E-state index contributed by atoms with van der Waals surface area (Å²) in [6, 6.07) is 20.0. The minimum absolute atomic E-state index is 0.132. The first-order valence-corrected chi connectivity index (χ1v) is 12.8. The van der Waals surface area contributed by atoms with Gasteiger partial charge in [-0.1, -0.05) is 134 Å². The molecule has 2 aliphatic rings. The van der Waals surface area contributed by atoms with Crippen molar-refractivity contribution in [3.05, 3.63) is 178 Å². The van der Waals surface area contributed by atoms with Crippen LogP contribution in [0.4, 0.5) is 0 Å². The predicted octanol–water partition coefficient (Wildman–Crippen LogP) is 7.46. The molecule has 4 heteroatoms. The molecule has 0 bridgehead atoms. The topological polar surface area (TPSA) is 52.6 Å². The maximum atomic E-state index is 13.1. The fraction of sp³-hybridized carbons (Fsp3) is 0.0556. The van der Waals surface area contributed by atoms with Crippen molar-refractivity contribution in [2.24, 2.45) is 0 Å². The van der Waals surface area contributed by atoms with Crippen molar-refractivity contribution in [3.63, 3.8) is 0 Å². The molecular weight excluding hydrogens is 496 g/mol. The molecule has 4 rings (SSSR count). The van der Waals surface area contributed by atoms with Crippen LogP contribution in [-0.4, -0.2) is 26.2 Å². The van der Waals surface area contributed by atoms with E-state index < -0.39 is 11.9 Å². The number of methoxy groups -OCH3 is 2. The van der Waals surface area contributed by atoms with E-state index in [9.17, 15) is 9.59 Å². The Balaban J connectivity index is 1.77. The molecule has 0 aromatic heterocycles. The average molecular weight is 527 g/mol. The fourth-order valence-electron chi connectivity index (χ4n) is 4.25. The van der Waals surface area contributed by atoms with Crippen molar-refractivity contribution in [1.82, 2.24) is 0 Å². The molecule has 2 aromatic carbocycles. The first kappa shape index (κ1) is 27.8. The van der Waals surface area contributed by atoms with E-state index in [1.54, 1.807) is 12.2 Å². The SMILES string of the molecule is COC(=O)C1=C(C(=O)OC)C2=C(/C=C/C=C/c3ccccc3)C=CC(/C=C/C=C/c3ccccc3)=CC2=CC=C1. The molecule has 2 aromatic rings. The molecule has 0 amide bonds. The van der Waals surface area contributed by atoms with Gasteiger partial charge in [0.25, 0.3) is 0 Å². The highest BCUT2D eigenvalue weighted by atomic mass is 16.5. The molecule has 0 fully saturated rings. The zero-order chi connectivity index (χ0) is 28.2. The van der Waals surface area contributed by atoms with Gasteiger partial charge in [-0.05, 0) is 40.0 Å². The normalized spacial score (nSPS) is 15.4. The van der Waals surface area contributed by atoms with Gasteiger partial charge >= 0.3 is 11.9 Å². The van der Waals surface area contributed by atoms with Gasteiger partial charge in [0.05, 0.1) is 25.4 Å². The van der Waals surface area contributed by atoms with E-state index in [1.807, 2.05) is 134 Å². The zero-order valence-electron chi connectivity index (χ0n) is 22.5. The maximum Gasteiger partial charge on any atom is 0.339 e. The van der Waals surface area contributed by atoms with Gasteiger partial charge in [0, 0.05) is 5.57 Å². The van der Waals surface area contributed by atoms with Crippen LogP contribution in [0, 0.1) is 0 Å². The van der Waals surface area contributed by atoms with Gasteiger partial charge in [-0.3, -0.25) is 0 Å². The van der Waals surface area contributed by atoms with Gasteiger partial charge in [0.1, 0.15) is 0 Å². The summed E-state index contributed by atoms with van der Waals surface area (Å²) in [6.45, 7) is 0. The first-order valence-electron chi connectivity index (χ1n) is 12.8. The van der Waals surface area contributed by atoms with Crippen LogP contribution in [0.1, 0.15) is 11.1 Å².